The summed E-state index contributed by atoms with van der Waals surface area (Å²) in [6.07, 6.45) is 2.54. The van der Waals surface area contributed by atoms with E-state index < -0.39 is 0 Å². The van der Waals surface area contributed by atoms with Crippen LogP contribution in [0.4, 0.5) is 4.79 Å². The molecule has 0 aromatic heterocycles. The first-order valence-corrected chi connectivity index (χ1v) is 3.78. The van der Waals surface area contributed by atoms with Gasteiger partial charge in [0.15, 0.2) is 0 Å². The number of hydrogen-bond acceptors (Lipinski definition) is 1. The molecule has 0 aromatic rings. The van der Waals surface area contributed by atoms with Crippen LogP contribution in [0.2, 0.25) is 0 Å². The van der Waals surface area contributed by atoms with Gasteiger partial charge in [-0.25, -0.2) is 4.79 Å². The highest BCUT2D eigenvalue weighted by atomic mass is 16.2. The minimum atomic E-state index is -0.283. The summed E-state index contributed by atoms with van der Waals surface area (Å²) in [5, 5.41) is 0. The number of primary amides is 1. The molecule has 0 saturated heterocycles. The molecule has 0 unspecified atom stereocenters. The highest BCUT2D eigenvalue weighted by Crippen LogP contribution is 2.29. The van der Waals surface area contributed by atoms with Crippen LogP contribution in [0, 0.1) is 5.92 Å². The first-order valence-electron chi connectivity index (χ1n) is 3.78. The molecule has 1 aliphatic rings. The Morgan fingerprint density at radius 1 is 1.70 bits per heavy atom. The van der Waals surface area contributed by atoms with Crippen molar-refractivity contribution in [2.45, 2.75) is 19.8 Å². The molecule has 0 aliphatic heterocycles. The van der Waals surface area contributed by atoms with Gasteiger partial charge in [-0.2, -0.15) is 0 Å². The molecule has 3 nitrogen and oxygen atoms in total. The van der Waals surface area contributed by atoms with Crippen molar-refractivity contribution in [1.29, 1.82) is 0 Å². The Bertz CT molecular complexity index is 132. The van der Waals surface area contributed by atoms with Crippen LogP contribution in [0.1, 0.15) is 19.8 Å². The summed E-state index contributed by atoms with van der Waals surface area (Å²) in [7, 11) is 0. The molecule has 0 atom stereocenters. The highest BCUT2D eigenvalue weighted by Gasteiger charge is 2.24. The number of carbonyl (C=O) groups is 1. The van der Waals surface area contributed by atoms with E-state index in [-0.39, 0.29) is 6.03 Å². The van der Waals surface area contributed by atoms with Crippen LogP contribution >= 0.6 is 0 Å². The second-order valence-corrected chi connectivity index (χ2v) is 2.82. The second-order valence-electron chi connectivity index (χ2n) is 2.82. The number of nitrogens with zero attached hydrogens (tertiary/aromatic N) is 1. The Balaban J connectivity index is 2.24. The SMILES string of the molecule is CCN(CC1CC1)C(N)=O. The van der Waals surface area contributed by atoms with Crippen molar-refractivity contribution in [3.05, 3.63) is 0 Å². The maximum absolute atomic E-state index is 10.6. The maximum atomic E-state index is 10.6. The third-order valence-corrected chi connectivity index (χ3v) is 1.87. The number of amides is 2. The molecule has 1 aliphatic carbocycles. The van der Waals surface area contributed by atoms with Crippen LogP contribution in [-0.4, -0.2) is 24.0 Å². The minimum absolute atomic E-state index is 0.283. The molecular formula is C7H14N2O. The standard InChI is InChI=1S/C7H14N2O/c1-2-9(7(8)10)5-6-3-4-6/h6H,2-5H2,1H3,(H2,8,10). The van der Waals surface area contributed by atoms with Gasteiger partial charge < -0.3 is 10.6 Å². The zero-order valence-electron chi connectivity index (χ0n) is 6.34. The average molecular weight is 142 g/mol. The van der Waals surface area contributed by atoms with E-state index >= 15 is 0 Å². The Hall–Kier alpha value is -0.730. The molecule has 58 valence electrons. The predicted molar refractivity (Wildman–Crippen MR) is 39.6 cm³/mol. The minimum Gasteiger partial charge on any atom is -0.351 e. The zero-order chi connectivity index (χ0) is 7.56. The van der Waals surface area contributed by atoms with Crippen molar-refractivity contribution in [1.82, 2.24) is 4.90 Å². The summed E-state index contributed by atoms with van der Waals surface area (Å²) in [4.78, 5) is 12.3. The lowest BCUT2D eigenvalue weighted by molar-refractivity contribution is 0.208. The molecular weight excluding hydrogens is 128 g/mol. The molecule has 0 radical (unpaired) electrons. The van der Waals surface area contributed by atoms with E-state index in [1.165, 1.54) is 12.8 Å². The molecule has 1 saturated carbocycles. The molecule has 0 heterocycles. The quantitative estimate of drug-likeness (QED) is 0.622. The molecule has 0 aromatic carbocycles. The Labute approximate surface area is 61.2 Å². The summed E-state index contributed by atoms with van der Waals surface area (Å²) < 4.78 is 0. The fourth-order valence-electron chi connectivity index (χ4n) is 0.987. The summed E-state index contributed by atoms with van der Waals surface area (Å²) >= 11 is 0. The van der Waals surface area contributed by atoms with E-state index in [0.29, 0.717) is 0 Å². The molecule has 1 rings (SSSR count). The Kier molecular flexibility index (Phi) is 2.14. The fourth-order valence-corrected chi connectivity index (χ4v) is 0.987. The molecule has 10 heavy (non-hydrogen) atoms. The summed E-state index contributed by atoms with van der Waals surface area (Å²) in [6, 6.07) is -0.283. The topological polar surface area (TPSA) is 46.3 Å². The van der Waals surface area contributed by atoms with Gasteiger partial charge in [-0.05, 0) is 25.7 Å². The van der Waals surface area contributed by atoms with E-state index in [1.54, 1.807) is 4.90 Å². The lowest BCUT2D eigenvalue weighted by Crippen LogP contribution is -2.36. The van der Waals surface area contributed by atoms with Gasteiger partial charge in [0, 0.05) is 13.1 Å². The number of urea groups is 1. The smallest absolute Gasteiger partial charge is 0.314 e. The number of rotatable bonds is 3. The monoisotopic (exact) mass is 142 g/mol. The van der Waals surface area contributed by atoms with Gasteiger partial charge in [0.05, 0.1) is 0 Å². The number of carbonyl (C=O) groups excluding carboxylic acids is 1. The van der Waals surface area contributed by atoms with Gasteiger partial charge in [-0.3, -0.25) is 0 Å². The van der Waals surface area contributed by atoms with Crippen molar-refractivity contribution < 1.29 is 4.79 Å². The van der Waals surface area contributed by atoms with Gasteiger partial charge >= 0.3 is 6.03 Å². The van der Waals surface area contributed by atoms with Crippen molar-refractivity contribution in [2.24, 2.45) is 11.7 Å². The highest BCUT2D eigenvalue weighted by molar-refractivity contribution is 5.71. The van der Waals surface area contributed by atoms with Crippen LogP contribution in [0.25, 0.3) is 0 Å². The van der Waals surface area contributed by atoms with Gasteiger partial charge in [0.2, 0.25) is 0 Å². The number of hydrogen-bond donors (Lipinski definition) is 1. The fraction of sp³-hybridized carbons (Fsp3) is 0.857. The van der Waals surface area contributed by atoms with Gasteiger partial charge in [-0.1, -0.05) is 0 Å². The zero-order valence-corrected chi connectivity index (χ0v) is 6.34. The van der Waals surface area contributed by atoms with Crippen LogP contribution in [-0.2, 0) is 0 Å². The molecule has 0 spiro atoms. The van der Waals surface area contributed by atoms with Crippen molar-refractivity contribution in [3.63, 3.8) is 0 Å². The molecule has 1 fully saturated rings. The second kappa shape index (κ2) is 2.90. The Morgan fingerprint density at radius 3 is 2.60 bits per heavy atom. The van der Waals surface area contributed by atoms with E-state index in [1.807, 2.05) is 6.92 Å². The summed E-state index contributed by atoms with van der Waals surface area (Å²) in [5.41, 5.74) is 5.11. The number of nitrogens with two attached hydrogens (primary N) is 1. The van der Waals surface area contributed by atoms with E-state index in [4.69, 9.17) is 5.73 Å². The van der Waals surface area contributed by atoms with E-state index in [0.717, 1.165) is 19.0 Å². The maximum Gasteiger partial charge on any atom is 0.314 e. The lowest BCUT2D eigenvalue weighted by atomic mass is 10.4. The third kappa shape index (κ3) is 1.90. The first kappa shape index (κ1) is 7.38. The third-order valence-electron chi connectivity index (χ3n) is 1.87. The van der Waals surface area contributed by atoms with Crippen LogP contribution < -0.4 is 5.73 Å². The normalized spacial score (nSPS) is 16.9. The predicted octanol–water partition coefficient (Wildman–Crippen LogP) is 0.797. The van der Waals surface area contributed by atoms with E-state index in [2.05, 4.69) is 0 Å². The van der Waals surface area contributed by atoms with Gasteiger partial charge in [0.25, 0.3) is 0 Å². The largest absolute Gasteiger partial charge is 0.351 e. The molecule has 3 heteroatoms. The lowest BCUT2D eigenvalue weighted by Gasteiger charge is -2.16. The molecule has 2 N–H and O–H groups in total. The molecule has 0 bridgehead atoms. The van der Waals surface area contributed by atoms with Crippen LogP contribution in [0.5, 0.6) is 0 Å². The van der Waals surface area contributed by atoms with Crippen LogP contribution in [0.3, 0.4) is 0 Å². The first-order chi connectivity index (χ1) is 4.74. The molecule has 2 amide bonds. The van der Waals surface area contributed by atoms with Crippen LogP contribution in [0.15, 0.2) is 0 Å². The summed E-state index contributed by atoms with van der Waals surface area (Å²) in [6.45, 7) is 3.56. The van der Waals surface area contributed by atoms with Crippen molar-refractivity contribution in [2.75, 3.05) is 13.1 Å². The van der Waals surface area contributed by atoms with E-state index in [9.17, 15) is 4.79 Å². The van der Waals surface area contributed by atoms with Gasteiger partial charge in [-0.15, -0.1) is 0 Å². The van der Waals surface area contributed by atoms with Gasteiger partial charge in [0.1, 0.15) is 0 Å². The van der Waals surface area contributed by atoms with Crippen molar-refractivity contribution >= 4 is 6.03 Å². The Morgan fingerprint density at radius 2 is 2.30 bits per heavy atom. The average Bonchev–Trinajstić information content (AvgIpc) is 2.64. The van der Waals surface area contributed by atoms with Crippen molar-refractivity contribution in [3.8, 4) is 0 Å². The summed E-state index contributed by atoms with van der Waals surface area (Å²) in [5.74, 6) is 0.743.